The zero-order valence-electron chi connectivity index (χ0n) is 17.1. The van der Waals surface area contributed by atoms with Crippen molar-refractivity contribution in [3.8, 4) is 11.5 Å². The summed E-state index contributed by atoms with van der Waals surface area (Å²) in [5.74, 6) is 2.06. The Labute approximate surface area is 183 Å². The third kappa shape index (κ3) is 7.91. The van der Waals surface area contributed by atoms with Crippen molar-refractivity contribution in [2.45, 2.75) is 33.1 Å². The predicted octanol–water partition coefficient (Wildman–Crippen LogP) is 5.13. The maximum Gasteiger partial charge on any atom is 0.186 e. The van der Waals surface area contributed by atoms with Crippen LogP contribution in [0.3, 0.4) is 0 Å². The lowest BCUT2D eigenvalue weighted by Gasteiger charge is -2.12. The van der Waals surface area contributed by atoms with E-state index in [-0.39, 0.29) is 0 Å². The average molecular weight is 434 g/mol. The number of hydrogen-bond acceptors (Lipinski definition) is 4. The van der Waals surface area contributed by atoms with Crippen LogP contribution in [0.1, 0.15) is 44.2 Å². The first-order chi connectivity index (χ1) is 14.0. The van der Waals surface area contributed by atoms with Gasteiger partial charge in [0.1, 0.15) is 24.7 Å². The summed E-state index contributed by atoms with van der Waals surface area (Å²) >= 11 is 11.2. The maximum atomic E-state index is 6.09. The normalized spacial score (nSPS) is 11.9. The van der Waals surface area contributed by atoms with E-state index in [2.05, 4.69) is 41.8 Å². The third-order valence-electron chi connectivity index (χ3n) is 4.35. The largest absolute Gasteiger partial charge is 0.490 e. The molecule has 1 atom stereocenters. The number of halogens is 1. The van der Waals surface area contributed by atoms with E-state index >= 15 is 0 Å². The molecule has 156 valence electrons. The Kier molecular flexibility index (Phi) is 9.74. The molecule has 29 heavy (non-hydrogen) atoms. The second-order valence-electron chi connectivity index (χ2n) is 6.49. The zero-order valence-corrected chi connectivity index (χ0v) is 18.6. The highest BCUT2D eigenvalue weighted by atomic mass is 35.5. The highest BCUT2D eigenvalue weighted by Gasteiger charge is 2.05. The van der Waals surface area contributed by atoms with Crippen LogP contribution in [0.2, 0.25) is 5.02 Å². The first kappa shape index (κ1) is 23.0. The Hall–Kier alpha value is -2.31. The fourth-order valence-corrected chi connectivity index (χ4v) is 2.93. The van der Waals surface area contributed by atoms with Gasteiger partial charge < -0.3 is 14.8 Å². The number of hydrazone groups is 1. The molecular formula is C22H28ClN3O2S. The summed E-state index contributed by atoms with van der Waals surface area (Å²) in [6, 6.07) is 13.6. The van der Waals surface area contributed by atoms with Crippen molar-refractivity contribution in [2.75, 3.05) is 19.8 Å². The molecule has 0 spiro atoms. The second kappa shape index (κ2) is 12.3. The van der Waals surface area contributed by atoms with Crippen molar-refractivity contribution in [2.24, 2.45) is 5.10 Å². The van der Waals surface area contributed by atoms with Gasteiger partial charge in [0.05, 0.1) is 6.21 Å². The van der Waals surface area contributed by atoms with Gasteiger partial charge in [-0.2, -0.15) is 5.10 Å². The van der Waals surface area contributed by atoms with Crippen molar-refractivity contribution in [1.82, 2.24) is 10.7 Å². The maximum absolute atomic E-state index is 6.09. The molecule has 0 fully saturated rings. The highest BCUT2D eigenvalue weighted by Crippen LogP contribution is 2.23. The zero-order chi connectivity index (χ0) is 21.1. The Morgan fingerprint density at radius 3 is 2.55 bits per heavy atom. The van der Waals surface area contributed by atoms with E-state index in [9.17, 15) is 0 Å². The van der Waals surface area contributed by atoms with Crippen LogP contribution in [0.4, 0.5) is 0 Å². The molecule has 0 aliphatic carbocycles. The van der Waals surface area contributed by atoms with E-state index in [0.29, 0.717) is 35.0 Å². The minimum Gasteiger partial charge on any atom is -0.490 e. The molecule has 0 radical (unpaired) electrons. The number of benzene rings is 2. The first-order valence-electron chi connectivity index (χ1n) is 9.75. The van der Waals surface area contributed by atoms with Gasteiger partial charge in [0.25, 0.3) is 0 Å². The second-order valence-corrected chi connectivity index (χ2v) is 7.33. The summed E-state index contributed by atoms with van der Waals surface area (Å²) in [5.41, 5.74) is 4.83. The molecule has 0 unspecified atom stereocenters. The van der Waals surface area contributed by atoms with Gasteiger partial charge in [0.2, 0.25) is 0 Å². The van der Waals surface area contributed by atoms with Gasteiger partial charge in [-0.25, -0.2) is 0 Å². The minimum absolute atomic E-state index is 0.402. The number of nitrogens with one attached hydrogen (secondary N) is 2. The Bertz CT molecular complexity index is 812. The first-order valence-corrected chi connectivity index (χ1v) is 10.5. The van der Waals surface area contributed by atoms with Crippen LogP contribution in [0.15, 0.2) is 47.6 Å². The molecule has 2 rings (SSSR count). The summed E-state index contributed by atoms with van der Waals surface area (Å²) in [6.07, 6.45) is 2.75. The number of nitrogens with zero attached hydrogens (tertiary/aromatic N) is 1. The van der Waals surface area contributed by atoms with E-state index in [1.165, 1.54) is 5.56 Å². The molecule has 0 aliphatic heterocycles. The van der Waals surface area contributed by atoms with E-state index in [1.807, 2.05) is 25.1 Å². The molecule has 0 aromatic heterocycles. The van der Waals surface area contributed by atoms with Crippen molar-refractivity contribution < 1.29 is 9.47 Å². The van der Waals surface area contributed by atoms with Crippen LogP contribution >= 0.6 is 23.8 Å². The molecule has 2 N–H and O–H groups in total. The summed E-state index contributed by atoms with van der Waals surface area (Å²) in [6.45, 7) is 7.94. The lowest BCUT2D eigenvalue weighted by molar-refractivity contribution is 0.217. The minimum atomic E-state index is 0.402. The van der Waals surface area contributed by atoms with E-state index < -0.39 is 0 Å². The van der Waals surface area contributed by atoms with Gasteiger partial charge in [-0.3, -0.25) is 5.43 Å². The van der Waals surface area contributed by atoms with Gasteiger partial charge >= 0.3 is 0 Å². The monoisotopic (exact) mass is 433 g/mol. The van der Waals surface area contributed by atoms with Gasteiger partial charge in [-0.15, -0.1) is 0 Å². The summed E-state index contributed by atoms with van der Waals surface area (Å²) in [4.78, 5) is 0. The number of thiocarbonyl (C=S) groups is 1. The van der Waals surface area contributed by atoms with Crippen LogP contribution < -0.4 is 20.2 Å². The predicted molar refractivity (Wildman–Crippen MR) is 125 cm³/mol. The van der Waals surface area contributed by atoms with Crippen LogP contribution in [0.5, 0.6) is 11.5 Å². The fourth-order valence-electron chi connectivity index (χ4n) is 2.55. The lowest BCUT2D eigenvalue weighted by Crippen LogP contribution is -2.31. The SMILES string of the molecule is CCNC(=S)N/N=C\c1cc(Cl)ccc1OCCOc1ccc([C@H](C)CC)cc1. The molecule has 0 saturated carbocycles. The van der Waals surface area contributed by atoms with Crippen LogP contribution in [-0.4, -0.2) is 31.1 Å². The van der Waals surface area contributed by atoms with E-state index in [1.54, 1.807) is 18.3 Å². The van der Waals surface area contributed by atoms with Crippen molar-refractivity contribution >= 4 is 35.1 Å². The molecule has 0 amide bonds. The van der Waals surface area contributed by atoms with Crippen molar-refractivity contribution in [3.05, 3.63) is 58.6 Å². The van der Waals surface area contributed by atoms with E-state index in [0.717, 1.165) is 24.3 Å². The van der Waals surface area contributed by atoms with Crippen LogP contribution in [-0.2, 0) is 0 Å². The van der Waals surface area contributed by atoms with Gasteiger partial charge in [-0.05, 0) is 67.4 Å². The number of rotatable bonds is 10. The summed E-state index contributed by atoms with van der Waals surface area (Å²) < 4.78 is 11.6. The van der Waals surface area contributed by atoms with Crippen LogP contribution in [0, 0.1) is 0 Å². The third-order valence-corrected chi connectivity index (χ3v) is 4.82. The molecule has 0 saturated heterocycles. The van der Waals surface area contributed by atoms with Gasteiger partial charge in [-0.1, -0.05) is 37.6 Å². The Morgan fingerprint density at radius 2 is 1.86 bits per heavy atom. The lowest BCUT2D eigenvalue weighted by atomic mass is 9.99. The summed E-state index contributed by atoms with van der Waals surface area (Å²) in [7, 11) is 0. The fraction of sp³-hybridized carbons (Fsp3) is 0.364. The molecule has 2 aromatic rings. The molecule has 0 aliphatic rings. The molecule has 2 aromatic carbocycles. The molecule has 7 heteroatoms. The van der Waals surface area contributed by atoms with Crippen LogP contribution in [0.25, 0.3) is 0 Å². The molecular weight excluding hydrogens is 406 g/mol. The van der Waals surface area contributed by atoms with Gasteiger partial charge in [0, 0.05) is 17.1 Å². The molecule has 0 heterocycles. The standard InChI is InChI=1S/C22H28ClN3O2S/c1-4-16(3)17-6-9-20(10-7-17)27-12-13-28-21-11-8-19(23)14-18(21)15-25-26-22(29)24-5-2/h6-11,14-16H,4-5,12-13H2,1-3H3,(H2,24,26,29)/b25-15-/t16-/m1/s1. The van der Waals surface area contributed by atoms with Crippen molar-refractivity contribution in [1.29, 1.82) is 0 Å². The topological polar surface area (TPSA) is 54.9 Å². The van der Waals surface area contributed by atoms with E-state index in [4.69, 9.17) is 33.3 Å². The molecule has 5 nitrogen and oxygen atoms in total. The Balaban J connectivity index is 1.87. The van der Waals surface area contributed by atoms with Crippen molar-refractivity contribution in [3.63, 3.8) is 0 Å². The smallest absolute Gasteiger partial charge is 0.186 e. The molecule has 0 bridgehead atoms. The van der Waals surface area contributed by atoms with Gasteiger partial charge in [0.15, 0.2) is 5.11 Å². The number of hydrogen-bond donors (Lipinski definition) is 2. The summed E-state index contributed by atoms with van der Waals surface area (Å²) in [5, 5.41) is 8.14. The quantitative estimate of drug-likeness (QED) is 0.235. The highest BCUT2D eigenvalue weighted by molar-refractivity contribution is 7.80. The number of ether oxygens (including phenoxy) is 2. The Morgan fingerprint density at radius 1 is 1.14 bits per heavy atom. The average Bonchev–Trinajstić information content (AvgIpc) is 2.72.